The van der Waals surface area contributed by atoms with Gasteiger partial charge in [0, 0.05) is 42.6 Å². The highest BCUT2D eigenvalue weighted by Gasteiger charge is 2.28. The van der Waals surface area contributed by atoms with Gasteiger partial charge < -0.3 is 24.4 Å². The number of methoxy groups -OCH3 is 1. The molecule has 1 atom stereocenters. The molecule has 1 aliphatic rings. The maximum absolute atomic E-state index is 12.6. The second kappa shape index (κ2) is 10.5. The maximum atomic E-state index is 12.6. The van der Waals surface area contributed by atoms with E-state index >= 15 is 0 Å². The molecule has 2 heterocycles. The first-order valence-corrected chi connectivity index (χ1v) is 12.0. The Morgan fingerprint density at radius 1 is 1.14 bits per heavy atom. The predicted molar refractivity (Wildman–Crippen MR) is 137 cm³/mol. The van der Waals surface area contributed by atoms with E-state index in [1.807, 2.05) is 70.2 Å². The highest BCUT2D eigenvalue weighted by Crippen LogP contribution is 2.36. The summed E-state index contributed by atoms with van der Waals surface area (Å²) in [6, 6.07) is 14.1. The van der Waals surface area contributed by atoms with Crippen LogP contribution >= 0.6 is 0 Å². The molecule has 0 aliphatic carbocycles. The molecule has 0 radical (unpaired) electrons. The number of nitrogens with zero attached hydrogens (tertiary/aromatic N) is 3. The van der Waals surface area contributed by atoms with Crippen molar-refractivity contribution in [2.75, 3.05) is 32.3 Å². The summed E-state index contributed by atoms with van der Waals surface area (Å²) in [6.07, 6.45) is 1.55. The number of carbonyl (C=O) groups excluding carboxylic acids is 1. The largest absolute Gasteiger partial charge is 0.467 e. The topological polar surface area (TPSA) is 85.8 Å². The van der Waals surface area contributed by atoms with Crippen LogP contribution in [0.15, 0.2) is 42.5 Å². The van der Waals surface area contributed by atoms with Crippen molar-refractivity contribution < 1.29 is 19.0 Å². The van der Waals surface area contributed by atoms with E-state index in [4.69, 9.17) is 14.2 Å². The zero-order valence-corrected chi connectivity index (χ0v) is 21.1. The highest BCUT2D eigenvalue weighted by molar-refractivity contribution is 6.01. The number of anilines is 1. The van der Waals surface area contributed by atoms with Crippen LogP contribution in [0.4, 0.5) is 10.6 Å². The molecule has 1 fully saturated rings. The Morgan fingerprint density at radius 3 is 2.66 bits per heavy atom. The molecule has 1 N–H and O–H groups in total. The third-order valence-electron chi connectivity index (χ3n) is 5.83. The van der Waals surface area contributed by atoms with Gasteiger partial charge in [0.2, 0.25) is 0 Å². The minimum atomic E-state index is -0.517. The van der Waals surface area contributed by atoms with E-state index in [0.29, 0.717) is 24.7 Å². The number of aromatic nitrogens is 2. The minimum Gasteiger partial charge on any atom is -0.467 e. The van der Waals surface area contributed by atoms with E-state index in [9.17, 15) is 4.79 Å². The van der Waals surface area contributed by atoms with Gasteiger partial charge >= 0.3 is 6.09 Å². The second-order valence-corrected chi connectivity index (χ2v) is 9.90. The summed E-state index contributed by atoms with van der Waals surface area (Å²) in [5.74, 6) is 1.40. The lowest BCUT2D eigenvalue weighted by Crippen LogP contribution is -2.47. The van der Waals surface area contributed by atoms with Gasteiger partial charge in [-0.1, -0.05) is 30.3 Å². The van der Waals surface area contributed by atoms with Crippen LogP contribution in [0.2, 0.25) is 0 Å². The van der Waals surface area contributed by atoms with Crippen LogP contribution in [0.3, 0.4) is 0 Å². The number of benzene rings is 2. The fourth-order valence-electron chi connectivity index (χ4n) is 4.26. The Balaban J connectivity index is 1.61. The van der Waals surface area contributed by atoms with Gasteiger partial charge in [0.05, 0.1) is 0 Å². The van der Waals surface area contributed by atoms with Crippen LogP contribution in [0, 0.1) is 6.92 Å². The smallest absolute Gasteiger partial charge is 0.410 e. The van der Waals surface area contributed by atoms with Crippen molar-refractivity contribution in [3.05, 3.63) is 48.0 Å². The van der Waals surface area contributed by atoms with Crippen molar-refractivity contribution in [1.29, 1.82) is 0 Å². The number of rotatable bonds is 6. The molecule has 1 saturated heterocycles. The average Bonchev–Trinajstić information content (AvgIpc) is 2.82. The van der Waals surface area contributed by atoms with Crippen molar-refractivity contribution in [1.82, 2.24) is 15.1 Å². The van der Waals surface area contributed by atoms with Crippen LogP contribution in [0.1, 0.15) is 39.2 Å². The van der Waals surface area contributed by atoms with Crippen molar-refractivity contribution in [2.24, 2.45) is 0 Å². The second-order valence-electron chi connectivity index (χ2n) is 9.90. The zero-order valence-electron chi connectivity index (χ0n) is 21.1. The average molecular weight is 479 g/mol. The van der Waals surface area contributed by atoms with E-state index < -0.39 is 5.60 Å². The molecule has 3 aromatic rings. The van der Waals surface area contributed by atoms with E-state index in [1.165, 1.54) is 0 Å². The van der Waals surface area contributed by atoms with Crippen LogP contribution in [0.25, 0.3) is 22.0 Å². The van der Waals surface area contributed by atoms with Crippen molar-refractivity contribution in [3.8, 4) is 17.0 Å². The molecule has 1 unspecified atom stereocenters. The third kappa shape index (κ3) is 6.00. The first kappa shape index (κ1) is 24.7. The number of hydrogen-bond acceptors (Lipinski definition) is 7. The highest BCUT2D eigenvalue weighted by atomic mass is 16.7. The molecule has 0 saturated carbocycles. The Bertz CT molecular complexity index is 1190. The van der Waals surface area contributed by atoms with Gasteiger partial charge in [-0.2, -0.15) is 0 Å². The van der Waals surface area contributed by atoms with Crippen molar-refractivity contribution in [3.63, 3.8) is 0 Å². The molecule has 8 nitrogen and oxygen atoms in total. The van der Waals surface area contributed by atoms with Crippen LogP contribution < -0.4 is 10.1 Å². The first-order valence-electron chi connectivity index (χ1n) is 12.0. The number of hydrogen-bond donors (Lipinski definition) is 1. The van der Waals surface area contributed by atoms with Gasteiger partial charge in [-0.3, -0.25) is 0 Å². The molecule has 2 aromatic carbocycles. The number of amides is 1. The number of piperidine rings is 1. The van der Waals surface area contributed by atoms with E-state index in [1.54, 1.807) is 12.0 Å². The van der Waals surface area contributed by atoms with Crippen LogP contribution in [-0.4, -0.2) is 59.8 Å². The van der Waals surface area contributed by atoms with Gasteiger partial charge in [-0.05, 0) is 58.2 Å². The quantitative estimate of drug-likeness (QED) is 0.475. The number of carbonyl (C=O) groups is 1. The zero-order chi connectivity index (χ0) is 25.0. The SMILES string of the molecule is COCOc1cc(C)ccc1-c1nnc(NC2CCCN(C(=O)OC(C)(C)C)C2)c2ccccc12. The van der Waals surface area contributed by atoms with Gasteiger partial charge in [-0.25, -0.2) is 4.79 Å². The van der Waals surface area contributed by atoms with E-state index in [0.717, 1.165) is 40.4 Å². The molecule has 4 rings (SSSR count). The summed E-state index contributed by atoms with van der Waals surface area (Å²) in [5, 5.41) is 14.6. The molecule has 1 amide bonds. The van der Waals surface area contributed by atoms with Crippen LogP contribution in [-0.2, 0) is 9.47 Å². The minimum absolute atomic E-state index is 0.0554. The fourth-order valence-corrected chi connectivity index (χ4v) is 4.26. The number of fused-ring (bicyclic) bond motifs is 1. The number of aryl methyl sites for hydroxylation is 1. The lowest BCUT2D eigenvalue weighted by molar-refractivity contribution is 0.0206. The number of likely N-dealkylation sites (tertiary alicyclic amines) is 1. The Morgan fingerprint density at radius 2 is 1.91 bits per heavy atom. The Labute approximate surface area is 206 Å². The lowest BCUT2D eigenvalue weighted by Gasteiger charge is -2.34. The summed E-state index contributed by atoms with van der Waals surface area (Å²) in [5.41, 5.74) is 2.17. The van der Waals surface area contributed by atoms with Gasteiger partial charge in [0.25, 0.3) is 0 Å². The molecular formula is C27H34N4O4. The molecule has 0 bridgehead atoms. The summed E-state index contributed by atoms with van der Waals surface area (Å²) >= 11 is 0. The predicted octanol–water partition coefficient (Wildman–Crippen LogP) is 5.40. The monoisotopic (exact) mass is 478 g/mol. The Hall–Kier alpha value is -3.39. The normalized spacial score (nSPS) is 16.3. The molecule has 1 aliphatic heterocycles. The summed E-state index contributed by atoms with van der Waals surface area (Å²) in [7, 11) is 1.60. The molecule has 35 heavy (non-hydrogen) atoms. The molecule has 8 heteroatoms. The van der Waals surface area contributed by atoms with Crippen LogP contribution in [0.5, 0.6) is 5.75 Å². The van der Waals surface area contributed by atoms with E-state index in [-0.39, 0.29) is 18.9 Å². The lowest BCUT2D eigenvalue weighted by atomic mass is 10.0. The third-order valence-corrected chi connectivity index (χ3v) is 5.83. The standard InChI is InChI=1S/C27H34N4O4/c1-18-12-13-22(23(15-18)34-17-33-5)24-20-10-6-7-11-21(20)25(30-29-24)28-19-9-8-14-31(16-19)26(32)35-27(2,3)4/h6-7,10-13,15,19H,8-9,14,16-17H2,1-5H3,(H,28,30). The number of ether oxygens (including phenoxy) is 3. The van der Waals surface area contributed by atoms with E-state index in [2.05, 4.69) is 15.5 Å². The van der Waals surface area contributed by atoms with Crippen molar-refractivity contribution >= 4 is 22.7 Å². The van der Waals surface area contributed by atoms with Gasteiger partial charge in [0.15, 0.2) is 12.6 Å². The summed E-state index contributed by atoms with van der Waals surface area (Å²) in [4.78, 5) is 14.3. The number of nitrogens with one attached hydrogen (secondary N) is 1. The Kier molecular flexibility index (Phi) is 7.40. The molecular weight excluding hydrogens is 444 g/mol. The molecule has 0 spiro atoms. The maximum Gasteiger partial charge on any atom is 0.410 e. The summed E-state index contributed by atoms with van der Waals surface area (Å²) in [6.45, 7) is 9.06. The first-order chi connectivity index (χ1) is 16.7. The van der Waals surface area contributed by atoms with Gasteiger partial charge in [0.1, 0.15) is 17.0 Å². The van der Waals surface area contributed by atoms with Crippen molar-refractivity contribution in [2.45, 2.75) is 52.2 Å². The molecule has 186 valence electrons. The van der Waals surface area contributed by atoms with Gasteiger partial charge in [-0.15, -0.1) is 10.2 Å². The summed E-state index contributed by atoms with van der Waals surface area (Å²) < 4.78 is 16.5. The molecule has 1 aromatic heterocycles. The fraction of sp³-hybridized carbons (Fsp3) is 0.444.